The van der Waals surface area contributed by atoms with Crippen molar-refractivity contribution in [3.05, 3.63) is 30.6 Å². The highest BCUT2D eigenvalue weighted by atomic mass is 16.5. The predicted octanol–water partition coefficient (Wildman–Crippen LogP) is 2.84. The molecule has 0 spiro atoms. The van der Waals surface area contributed by atoms with Crippen LogP contribution in [0.2, 0.25) is 0 Å². The lowest BCUT2D eigenvalue weighted by Crippen LogP contribution is -2.18. The Kier molecular flexibility index (Phi) is 2.59. The smallest absolute Gasteiger partial charge is 0.142 e. The van der Waals surface area contributed by atoms with Crippen LogP contribution in [0.4, 0.5) is 5.69 Å². The van der Waals surface area contributed by atoms with Crippen LogP contribution in [-0.4, -0.2) is 25.2 Å². The predicted molar refractivity (Wildman–Crippen MR) is 69.7 cm³/mol. The van der Waals surface area contributed by atoms with E-state index in [0.29, 0.717) is 0 Å². The summed E-state index contributed by atoms with van der Waals surface area (Å²) in [6.07, 6.45) is 6.30. The van der Waals surface area contributed by atoms with E-state index in [9.17, 15) is 0 Å². The number of hydrogen-bond acceptors (Lipinski definition) is 3. The molecule has 0 saturated carbocycles. The van der Waals surface area contributed by atoms with E-state index in [4.69, 9.17) is 4.74 Å². The van der Waals surface area contributed by atoms with Crippen LogP contribution >= 0.6 is 0 Å². The number of rotatable bonds is 2. The number of ether oxygens (including phenoxy) is 1. The maximum atomic E-state index is 5.50. The van der Waals surface area contributed by atoms with Crippen LogP contribution in [0.5, 0.6) is 5.75 Å². The van der Waals surface area contributed by atoms with Crippen LogP contribution in [0.15, 0.2) is 30.6 Å². The van der Waals surface area contributed by atoms with Crippen molar-refractivity contribution in [1.82, 2.24) is 4.98 Å². The summed E-state index contributed by atoms with van der Waals surface area (Å²) in [6.45, 7) is 2.25. The Labute approximate surface area is 101 Å². The highest BCUT2D eigenvalue weighted by molar-refractivity contribution is 5.97. The van der Waals surface area contributed by atoms with Gasteiger partial charge in [-0.3, -0.25) is 4.98 Å². The summed E-state index contributed by atoms with van der Waals surface area (Å²) in [5, 5.41) is 2.41. The molecule has 3 heteroatoms. The van der Waals surface area contributed by atoms with Gasteiger partial charge in [0.25, 0.3) is 0 Å². The Hall–Kier alpha value is -1.77. The quantitative estimate of drug-likeness (QED) is 0.790. The van der Waals surface area contributed by atoms with Gasteiger partial charge in [-0.15, -0.1) is 0 Å². The Morgan fingerprint density at radius 2 is 2.00 bits per heavy atom. The van der Waals surface area contributed by atoms with Gasteiger partial charge >= 0.3 is 0 Å². The van der Waals surface area contributed by atoms with Crippen LogP contribution in [0.25, 0.3) is 10.8 Å². The summed E-state index contributed by atoms with van der Waals surface area (Å²) in [5.41, 5.74) is 1.23. The summed E-state index contributed by atoms with van der Waals surface area (Å²) < 4.78 is 5.50. The van der Waals surface area contributed by atoms with Gasteiger partial charge in [-0.2, -0.15) is 0 Å². The van der Waals surface area contributed by atoms with E-state index < -0.39 is 0 Å². The molecule has 0 atom stereocenters. The topological polar surface area (TPSA) is 25.4 Å². The molecule has 1 saturated heterocycles. The first-order valence-corrected chi connectivity index (χ1v) is 6.06. The maximum absolute atomic E-state index is 5.50. The van der Waals surface area contributed by atoms with Crippen molar-refractivity contribution in [1.29, 1.82) is 0 Å². The zero-order valence-corrected chi connectivity index (χ0v) is 10.0. The van der Waals surface area contributed by atoms with Gasteiger partial charge in [-0.25, -0.2) is 0 Å². The van der Waals surface area contributed by atoms with E-state index in [1.807, 2.05) is 18.5 Å². The molecule has 1 fully saturated rings. The lowest BCUT2D eigenvalue weighted by atomic mass is 10.1. The SMILES string of the molecule is COc1ccc2cnccc2c1N1CCCC1. The zero-order valence-electron chi connectivity index (χ0n) is 10.0. The summed E-state index contributed by atoms with van der Waals surface area (Å²) in [6, 6.07) is 6.18. The first-order chi connectivity index (χ1) is 8.40. The minimum Gasteiger partial charge on any atom is -0.495 e. The van der Waals surface area contributed by atoms with Crippen LogP contribution < -0.4 is 9.64 Å². The Bertz CT molecular complexity index is 533. The second-order valence-corrected chi connectivity index (χ2v) is 4.41. The molecule has 88 valence electrons. The van der Waals surface area contributed by atoms with Gasteiger partial charge in [0.05, 0.1) is 12.8 Å². The molecular weight excluding hydrogens is 212 g/mol. The Morgan fingerprint density at radius 1 is 1.18 bits per heavy atom. The number of pyridine rings is 1. The largest absolute Gasteiger partial charge is 0.495 e. The van der Waals surface area contributed by atoms with Crippen molar-refractivity contribution in [3.63, 3.8) is 0 Å². The third-order valence-electron chi connectivity index (χ3n) is 3.40. The third-order valence-corrected chi connectivity index (χ3v) is 3.40. The van der Waals surface area contributed by atoms with Crippen molar-refractivity contribution >= 4 is 16.5 Å². The molecular formula is C14H16N2O. The molecule has 0 N–H and O–H groups in total. The molecule has 0 unspecified atom stereocenters. The summed E-state index contributed by atoms with van der Waals surface area (Å²) in [4.78, 5) is 6.59. The van der Waals surface area contributed by atoms with E-state index in [2.05, 4.69) is 22.0 Å². The molecule has 1 aromatic heterocycles. The molecule has 2 aromatic rings. The summed E-state index contributed by atoms with van der Waals surface area (Å²) in [7, 11) is 1.74. The molecule has 3 nitrogen and oxygen atoms in total. The van der Waals surface area contributed by atoms with E-state index in [1.165, 1.54) is 29.3 Å². The molecule has 17 heavy (non-hydrogen) atoms. The molecule has 0 bridgehead atoms. The van der Waals surface area contributed by atoms with Gasteiger partial charge < -0.3 is 9.64 Å². The minimum absolute atomic E-state index is 0.964. The molecule has 2 heterocycles. The number of methoxy groups -OCH3 is 1. The van der Waals surface area contributed by atoms with Crippen LogP contribution in [0, 0.1) is 0 Å². The Balaban J connectivity index is 2.23. The van der Waals surface area contributed by atoms with Gasteiger partial charge in [0.2, 0.25) is 0 Å². The fourth-order valence-electron chi connectivity index (χ4n) is 2.56. The first-order valence-electron chi connectivity index (χ1n) is 6.06. The van der Waals surface area contributed by atoms with Crippen molar-refractivity contribution in [3.8, 4) is 5.75 Å². The van der Waals surface area contributed by atoms with Crippen molar-refractivity contribution in [2.24, 2.45) is 0 Å². The minimum atomic E-state index is 0.964. The molecule has 0 radical (unpaired) electrons. The normalized spacial score (nSPS) is 15.5. The number of anilines is 1. The van der Waals surface area contributed by atoms with E-state index in [0.717, 1.165) is 18.8 Å². The fraction of sp³-hybridized carbons (Fsp3) is 0.357. The maximum Gasteiger partial charge on any atom is 0.142 e. The molecule has 0 aliphatic carbocycles. The van der Waals surface area contributed by atoms with Gasteiger partial charge in [0.1, 0.15) is 5.75 Å². The van der Waals surface area contributed by atoms with Crippen LogP contribution in [-0.2, 0) is 0 Å². The zero-order chi connectivity index (χ0) is 11.7. The second kappa shape index (κ2) is 4.24. The van der Waals surface area contributed by atoms with Crippen LogP contribution in [0.1, 0.15) is 12.8 Å². The second-order valence-electron chi connectivity index (χ2n) is 4.41. The van der Waals surface area contributed by atoms with E-state index in [1.54, 1.807) is 7.11 Å². The monoisotopic (exact) mass is 228 g/mol. The number of aromatic nitrogens is 1. The lowest BCUT2D eigenvalue weighted by molar-refractivity contribution is 0.415. The summed E-state index contributed by atoms with van der Waals surface area (Å²) in [5.74, 6) is 0.964. The van der Waals surface area contributed by atoms with Gasteiger partial charge in [-0.05, 0) is 31.0 Å². The molecule has 3 rings (SSSR count). The van der Waals surface area contributed by atoms with Crippen molar-refractivity contribution in [2.45, 2.75) is 12.8 Å². The van der Waals surface area contributed by atoms with E-state index in [-0.39, 0.29) is 0 Å². The number of nitrogens with zero attached hydrogens (tertiary/aromatic N) is 2. The average Bonchev–Trinajstić information content (AvgIpc) is 2.91. The highest BCUT2D eigenvalue weighted by Crippen LogP contribution is 2.37. The van der Waals surface area contributed by atoms with E-state index >= 15 is 0 Å². The summed E-state index contributed by atoms with van der Waals surface area (Å²) >= 11 is 0. The Morgan fingerprint density at radius 3 is 2.76 bits per heavy atom. The molecule has 1 aromatic carbocycles. The van der Waals surface area contributed by atoms with Gasteiger partial charge in [0.15, 0.2) is 0 Å². The molecule has 0 amide bonds. The van der Waals surface area contributed by atoms with Crippen molar-refractivity contribution < 1.29 is 4.74 Å². The third kappa shape index (κ3) is 1.71. The average molecular weight is 228 g/mol. The number of fused-ring (bicyclic) bond motifs is 1. The van der Waals surface area contributed by atoms with Gasteiger partial charge in [0, 0.05) is 36.3 Å². The first kappa shape index (κ1) is 10.4. The number of benzene rings is 1. The molecule has 1 aliphatic heterocycles. The number of hydrogen-bond donors (Lipinski definition) is 0. The van der Waals surface area contributed by atoms with Gasteiger partial charge in [-0.1, -0.05) is 0 Å². The molecule has 1 aliphatic rings. The standard InChI is InChI=1S/C14H16N2O/c1-17-13-5-4-11-10-15-7-6-12(11)14(13)16-8-2-3-9-16/h4-7,10H,2-3,8-9H2,1H3. The van der Waals surface area contributed by atoms with Crippen molar-refractivity contribution in [2.75, 3.05) is 25.1 Å². The fourth-order valence-corrected chi connectivity index (χ4v) is 2.56. The highest BCUT2D eigenvalue weighted by Gasteiger charge is 2.18. The van der Waals surface area contributed by atoms with Crippen LogP contribution in [0.3, 0.4) is 0 Å². The lowest BCUT2D eigenvalue weighted by Gasteiger charge is -2.22.